The lowest BCUT2D eigenvalue weighted by atomic mass is 10.1. The third-order valence-corrected chi connectivity index (χ3v) is 6.40. The third kappa shape index (κ3) is 4.96. The Balaban J connectivity index is 1.56. The van der Waals surface area contributed by atoms with E-state index in [1.165, 1.54) is 0 Å². The predicted molar refractivity (Wildman–Crippen MR) is 125 cm³/mol. The summed E-state index contributed by atoms with van der Waals surface area (Å²) in [5, 5.41) is 8.32. The molecule has 0 radical (unpaired) electrons. The molecule has 0 saturated carbocycles. The predicted octanol–water partition coefficient (Wildman–Crippen LogP) is 7.04. The highest BCUT2D eigenvalue weighted by molar-refractivity contribution is 7.99. The van der Waals surface area contributed by atoms with Gasteiger partial charge in [0.25, 0.3) is 5.91 Å². The fraction of sp³-hybridized carbons (Fsp3) is 0.0833. The van der Waals surface area contributed by atoms with Crippen molar-refractivity contribution in [3.05, 3.63) is 99.7 Å². The molecule has 0 unspecified atom stereocenters. The van der Waals surface area contributed by atoms with E-state index in [1.807, 2.05) is 72.8 Å². The second-order valence-electron chi connectivity index (χ2n) is 6.78. The van der Waals surface area contributed by atoms with Crippen molar-refractivity contribution in [2.24, 2.45) is 0 Å². The Bertz CT molecular complexity index is 1210. The Morgan fingerprint density at radius 2 is 1.74 bits per heavy atom. The van der Waals surface area contributed by atoms with Crippen LogP contribution in [0, 0.1) is 6.92 Å². The maximum Gasteiger partial charge on any atom is 0.257 e. The zero-order valence-electron chi connectivity index (χ0n) is 16.6. The molecule has 3 aromatic carbocycles. The van der Waals surface area contributed by atoms with Gasteiger partial charge in [0.15, 0.2) is 0 Å². The summed E-state index contributed by atoms with van der Waals surface area (Å²) in [4.78, 5) is 15.0. The molecule has 0 aliphatic heterocycles. The van der Waals surface area contributed by atoms with E-state index in [0.717, 1.165) is 20.9 Å². The van der Waals surface area contributed by atoms with Gasteiger partial charge in [0, 0.05) is 37.5 Å². The second-order valence-corrected chi connectivity index (χ2v) is 8.74. The minimum absolute atomic E-state index is 0.264. The van der Waals surface area contributed by atoms with Crippen LogP contribution in [-0.4, -0.2) is 11.1 Å². The number of amides is 1. The number of halogens is 2. The summed E-state index contributed by atoms with van der Waals surface area (Å²) in [5.41, 5.74) is 2.60. The van der Waals surface area contributed by atoms with Crippen LogP contribution in [0.2, 0.25) is 10.0 Å². The van der Waals surface area contributed by atoms with Crippen LogP contribution in [0.1, 0.15) is 21.7 Å². The molecule has 0 spiro atoms. The van der Waals surface area contributed by atoms with Gasteiger partial charge in [0.05, 0.1) is 0 Å². The number of rotatable bonds is 6. The van der Waals surface area contributed by atoms with Crippen LogP contribution in [0.3, 0.4) is 0 Å². The summed E-state index contributed by atoms with van der Waals surface area (Å²) >= 11 is 14.0. The van der Waals surface area contributed by atoms with E-state index >= 15 is 0 Å². The number of benzene rings is 3. The van der Waals surface area contributed by atoms with Crippen LogP contribution >= 0.6 is 35.0 Å². The highest BCUT2D eigenvalue weighted by Gasteiger charge is 2.22. The molecule has 0 aliphatic carbocycles. The minimum Gasteiger partial charge on any atom is -0.360 e. The first-order valence-corrected chi connectivity index (χ1v) is 11.1. The van der Waals surface area contributed by atoms with Gasteiger partial charge in [-0.1, -0.05) is 76.5 Å². The molecule has 4 nitrogen and oxygen atoms in total. The number of carbonyl (C=O) groups excluding carboxylic acids is 1. The molecule has 0 atom stereocenters. The first kappa shape index (κ1) is 21.5. The average molecular weight is 469 g/mol. The number of hydrogen-bond donors (Lipinski definition) is 1. The first-order chi connectivity index (χ1) is 15.0. The van der Waals surface area contributed by atoms with E-state index in [2.05, 4.69) is 10.5 Å². The third-order valence-electron chi connectivity index (χ3n) is 4.68. The van der Waals surface area contributed by atoms with Crippen molar-refractivity contribution in [3.63, 3.8) is 0 Å². The van der Waals surface area contributed by atoms with Gasteiger partial charge in [-0.15, -0.1) is 0 Å². The number of aryl methyl sites for hydroxylation is 1. The maximum absolute atomic E-state index is 13.0. The fourth-order valence-corrected chi connectivity index (χ4v) is 4.53. The average Bonchev–Trinajstić information content (AvgIpc) is 3.17. The molecule has 4 aromatic rings. The highest BCUT2D eigenvalue weighted by Crippen LogP contribution is 2.34. The van der Waals surface area contributed by atoms with Crippen LogP contribution in [0.15, 0.2) is 87.1 Å². The molecule has 156 valence electrons. The zero-order valence-corrected chi connectivity index (χ0v) is 18.9. The lowest BCUT2D eigenvalue weighted by Gasteiger charge is -2.13. The Morgan fingerprint density at radius 3 is 2.48 bits per heavy atom. The summed E-state index contributed by atoms with van der Waals surface area (Å²) in [6.45, 7) is 2.00. The Kier molecular flexibility index (Phi) is 6.66. The molecule has 1 aromatic heterocycles. The van der Waals surface area contributed by atoms with Crippen molar-refractivity contribution in [3.8, 4) is 11.3 Å². The van der Waals surface area contributed by atoms with Crippen molar-refractivity contribution in [2.75, 3.05) is 0 Å². The Hall–Kier alpha value is -2.73. The quantitative estimate of drug-likeness (QED) is 0.329. The number of nitrogens with zero attached hydrogens (tertiary/aromatic N) is 1. The van der Waals surface area contributed by atoms with Crippen molar-refractivity contribution in [2.45, 2.75) is 23.3 Å². The standard InChI is InChI=1S/C24H18Cl2N2O2S/c1-15-22(23(28-30-15)16-6-3-2-4-7-16)24(29)27-14-19-20(26)8-5-9-21(19)31-18-12-10-17(25)11-13-18/h2-13H,14H2,1H3,(H,27,29). The summed E-state index contributed by atoms with van der Waals surface area (Å²) in [5.74, 6) is 0.200. The van der Waals surface area contributed by atoms with Crippen LogP contribution in [0.5, 0.6) is 0 Å². The molecule has 1 heterocycles. The van der Waals surface area contributed by atoms with E-state index in [-0.39, 0.29) is 12.5 Å². The molecule has 4 rings (SSSR count). The fourth-order valence-electron chi connectivity index (χ4n) is 3.13. The summed E-state index contributed by atoms with van der Waals surface area (Å²) in [6.07, 6.45) is 0. The first-order valence-electron chi connectivity index (χ1n) is 9.53. The van der Waals surface area contributed by atoms with E-state index in [4.69, 9.17) is 27.7 Å². The molecular weight excluding hydrogens is 451 g/mol. The van der Waals surface area contributed by atoms with Crippen molar-refractivity contribution in [1.82, 2.24) is 10.5 Å². The molecule has 0 bridgehead atoms. The van der Waals surface area contributed by atoms with Gasteiger partial charge in [0.2, 0.25) is 0 Å². The van der Waals surface area contributed by atoms with Gasteiger partial charge >= 0.3 is 0 Å². The SMILES string of the molecule is Cc1onc(-c2ccccc2)c1C(=O)NCc1c(Cl)cccc1Sc1ccc(Cl)cc1. The normalized spacial score (nSPS) is 10.8. The number of nitrogens with one attached hydrogen (secondary N) is 1. The monoisotopic (exact) mass is 468 g/mol. The minimum atomic E-state index is -0.264. The maximum atomic E-state index is 13.0. The molecule has 31 heavy (non-hydrogen) atoms. The molecule has 0 saturated heterocycles. The lowest BCUT2D eigenvalue weighted by molar-refractivity contribution is 0.0949. The Morgan fingerprint density at radius 1 is 1.00 bits per heavy atom. The van der Waals surface area contributed by atoms with Crippen LogP contribution in [-0.2, 0) is 6.54 Å². The molecule has 0 aliphatic rings. The van der Waals surface area contributed by atoms with E-state index in [1.54, 1.807) is 18.7 Å². The number of hydrogen-bond acceptors (Lipinski definition) is 4. The van der Waals surface area contributed by atoms with Gasteiger partial charge in [-0.2, -0.15) is 0 Å². The highest BCUT2D eigenvalue weighted by atomic mass is 35.5. The summed E-state index contributed by atoms with van der Waals surface area (Å²) in [7, 11) is 0. The lowest BCUT2D eigenvalue weighted by Crippen LogP contribution is -2.24. The van der Waals surface area contributed by atoms with Crippen molar-refractivity contribution >= 4 is 40.9 Å². The van der Waals surface area contributed by atoms with Gasteiger partial charge < -0.3 is 9.84 Å². The van der Waals surface area contributed by atoms with Gasteiger partial charge in [-0.3, -0.25) is 4.79 Å². The van der Waals surface area contributed by atoms with Crippen LogP contribution in [0.4, 0.5) is 0 Å². The molecule has 7 heteroatoms. The number of carbonyl (C=O) groups is 1. The number of aromatic nitrogens is 1. The zero-order chi connectivity index (χ0) is 21.8. The molecule has 0 fully saturated rings. The van der Waals surface area contributed by atoms with E-state index in [9.17, 15) is 4.79 Å². The summed E-state index contributed by atoms with van der Waals surface area (Å²) < 4.78 is 5.31. The molecule has 1 N–H and O–H groups in total. The van der Waals surface area contributed by atoms with Gasteiger partial charge in [0.1, 0.15) is 17.0 Å². The second kappa shape index (κ2) is 9.60. The van der Waals surface area contributed by atoms with E-state index in [0.29, 0.717) is 27.1 Å². The van der Waals surface area contributed by atoms with Crippen molar-refractivity contribution in [1.29, 1.82) is 0 Å². The summed E-state index contributed by atoms with van der Waals surface area (Å²) in [6, 6.07) is 22.7. The molecular formula is C24H18Cl2N2O2S. The van der Waals surface area contributed by atoms with E-state index < -0.39 is 0 Å². The van der Waals surface area contributed by atoms with Gasteiger partial charge in [-0.25, -0.2) is 0 Å². The Labute approximate surface area is 194 Å². The smallest absolute Gasteiger partial charge is 0.257 e. The molecule has 1 amide bonds. The van der Waals surface area contributed by atoms with Crippen LogP contribution < -0.4 is 5.32 Å². The van der Waals surface area contributed by atoms with Crippen molar-refractivity contribution < 1.29 is 9.32 Å². The van der Waals surface area contributed by atoms with Gasteiger partial charge in [-0.05, 0) is 43.3 Å². The van der Waals surface area contributed by atoms with Crippen LogP contribution in [0.25, 0.3) is 11.3 Å². The largest absolute Gasteiger partial charge is 0.360 e. The topological polar surface area (TPSA) is 55.1 Å².